The Hall–Kier alpha value is -1.36. The van der Waals surface area contributed by atoms with Crippen LogP contribution in [0, 0.1) is 0 Å². The highest BCUT2D eigenvalue weighted by Gasteiger charge is 2.31. The van der Waals surface area contributed by atoms with Crippen LogP contribution in [0.1, 0.15) is 44.7 Å². The van der Waals surface area contributed by atoms with Crippen LogP contribution in [0.5, 0.6) is 0 Å². The lowest BCUT2D eigenvalue weighted by Gasteiger charge is -2.15. The second-order valence-electron chi connectivity index (χ2n) is 4.66. The fraction of sp³-hybridized carbons (Fsp3) is 0.692. The predicted molar refractivity (Wildman–Crippen MR) is 68.0 cm³/mol. The van der Waals surface area contributed by atoms with Crippen molar-refractivity contribution in [3.63, 3.8) is 0 Å². The van der Waals surface area contributed by atoms with Gasteiger partial charge in [-0.3, -0.25) is 10.00 Å². The van der Waals surface area contributed by atoms with Crippen LogP contribution >= 0.6 is 0 Å². The summed E-state index contributed by atoms with van der Waals surface area (Å²) in [7, 11) is 0. The van der Waals surface area contributed by atoms with Crippen LogP contribution in [0.4, 0.5) is 0 Å². The second kappa shape index (κ2) is 6.00. The molecule has 1 saturated carbocycles. The van der Waals surface area contributed by atoms with Crippen molar-refractivity contribution in [1.82, 2.24) is 15.1 Å². The van der Waals surface area contributed by atoms with Crippen molar-refractivity contribution < 1.29 is 9.53 Å². The molecule has 1 aliphatic rings. The Morgan fingerprint density at radius 1 is 1.61 bits per heavy atom. The lowest BCUT2D eigenvalue weighted by molar-refractivity contribution is -0.145. The van der Waals surface area contributed by atoms with Gasteiger partial charge in [0.15, 0.2) is 0 Å². The number of esters is 1. The summed E-state index contributed by atoms with van der Waals surface area (Å²) in [6.07, 6.45) is 6.99. The Morgan fingerprint density at radius 3 is 3.00 bits per heavy atom. The molecule has 1 aromatic heterocycles. The summed E-state index contributed by atoms with van der Waals surface area (Å²) in [5, 5.41) is 7.59. The molecule has 1 aliphatic carbocycles. The molecule has 0 saturated heterocycles. The van der Waals surface area contributed by atoms with E-state index in [1.165, 1.54) is 0 Å². The van der Waals surface area contributed by atoms with Gasteiger partial charge in [0.2, 0.25) is 0 Å². The van der Waals surface area contributed by atoms with Crippen molar-refractivity contribution in [3.05, 3.63) is 18.0 Å². The summed E-state index contributed by atoms with van der Waals surface area (Å²) in [6, 6.07) is 0.0805. The molecule has 1 fully saturated rings. The van der Waals surface area contributed by atoms with E-state index in [2.05, 4.69) is 17.3 Å². The molecule has 1 atom stereocenters. The van der Waals surface area contributed by atoms with E-state index in [-0.39, 0.29) is 12.0 Å². The Balaban J connectivity index is 2.07. The minimum Gasteiger partial charge on any atom is -0.465 e. The minimum absolute atomic E-state index is 0.208. The van der Waals surface area contributed by atoms with Crippen LogP contribution in [0.15, 0.2) is 12.4 Å². The van der Waals surface area contributed by atoms with Gasteiger partial charge in [-0.1, -0.05) is 6.92 Å². The fourth-order valence-electron chi connectivity index (χ4n) is 1.89. The van der Waals surface area contributed by atoms with Gasteiger partial charge in [-0.25, -0.2) is 4.79 Å². The highest BCUT2D eigenvalue weighted by atomic mass is 16.5. The highest BCUT2D eigenvalue weighted by Crippen LogP contribution is 2.25. The first kappa shape index (κ1) is 13.1. The first-order chi connectivity index (χ1) is 8.74. The average molecular weight is 251 g/mol. The Kier molecular flexibility index (Phi) is 4.36. The molecule has 5 heteroatoms. The van der Waals surface area contributed by atoms with E-state index >= 15 is 0 Å². The van der Waals surface area contributed by atoms with Crippen LogP contribution in [0.2, 0.25) is 0 Å². The number of nitrogens with zero attached hydrogens (tertiary/aromatic N) is 2. The normalized spacial score (nSPS) is 16.6. The van der Waals surface area contributed by atoms with Crippen molar-refractivity contribution in [2.75, 3.05) is 6.61 Å². The molecule has 0 bridgehead atoms. The zero-order valence-corrected chi connectivity index (χ0v) is 11.1. The zero-order chi connectivity index (χ0) is 13.0. The third kappa shape index (κ3) is 3.32. The summed E-state index contributed by atoms with van der Waals surface area (Å²) in [5.41, 5.74) is 0.897. The van der Waals surface area contributed by atoms with Crippen molar-refractivity contribution in [1.29, 1.82) is 0 Å². The van der Waals surface area contributed by atoms with Gasteiger partial charge in [-0.05, 0) is 26.2 Å². The maximum atomic E-state index is 12.0. The number of aromatic nitrogens is 2. The number of carbonyl (C=O) groups excluding carboxylic acids is 1. The summed E-state index contributed by atoms with van der Waals surface area (Å²) in [5.74, 6) is -0.208. The monoisotopic (exact) mass is 251 g/mol. The van der Waals surface area contributed by atoms with Gasteiger partial charge < -0.3 is 4.74 Å². The summed E-state index contributed by atoms with van der Waals surface area (Å²) >= 11 is 0. The van der Waals surface area contributed by atoms with Gasteiger partial charge in [0.05, 0.1) is 12.8 Å². The largest absolute Gasteiger partial charge is 0.465 e. The molecule has 18 heavy (non-hydrogen) atoms. The summed E-state index contributed by atoms with van der Waals surface area (Å²) < 4.78 is 6.99. The van der Waals surface area contributed by atoms with Crippen molar-refractivity contribution in [2.45, 2.75) is 51.7 Å². The van der Waals surface area contributed by atoms with E-state index in [9.17, 15) is 4.79 Å². The summed E-state index contributed by atoms with van der Waals surface area (Å²) in [4.78, 5) is 12.0. The van der Waals surface area contributed by atoms with Crippen molar-refractivity contribution in [3.8, 4) is 0 Å². The van der Waals surface area contributed by atoms with Gasteiger partial charge >= 0.3 is 5.97 Å². The number of ether oxygens (including phenoxy) is 1. The van der Waals surface area contributed by atoms with Gasteiger partial charge in [-0.15, -0.1) is 0 Å². The molecule has 1 aromatic rings. The molecule has 2 rings (SSSR count). The molecule has 0 aliphatic heterocycles. The smallest absolute Gasteiger partial charge is 0.327 e. The maximum absolute atomic E-state index is 12.0. The lowest BCUT2D eigenvalue weighted by Crippen LogP contribution is -2.31. The highest BCUT2D eigenvalue weighted by molar-refractivity contribution is 5.77. The Labute approximate surface area is 108 Å². The molecule has 1 heterocycles. The van der Waals surface area contributed by atoms with Gasteiger partial charge in [-0.2, -0.15) is 5.10 Å². The quantitative estimate of drug-likeness (QED) is 0.749. The fourth-order valence-corrected chi connectivity index (χ4v) is 1.89. The van der Waals surface area contributed by atoms with E-state index in [0.717, 1.165) is 31.4 Å². The minimum atomic E-state index is -0.372. The maximum Gasteiger partial charge on any atom is 0.327 e. The second-order valence-corrected chi connectivity index (χ2v) is 4.66. The van der Waals surface area contributed by atoms with Crippen LogP contribution in [-0.2, 0) is 16.1 Å². The molecule has 5 nitrogen and oxygen atoms in total. The standard InChI is InChI=1S/C13H21N3O2/c1-3-7-16-9-10(8-14-16)12(13(17)18-4-2)15-11-5-6-11/h8-9,11-12,15H,3-7H2,1-2H3. The van der Waals surface area contributed by atoms with Crippen LogP contribution in [-0.4, -0.2) is 28.4 Å². The number of hydrogen-bond donors (Lipinski definition) is 1. The SMILES string of the molecule is CCCn1cc(C(NC2CC2)C(=O)OCC)cn1. The number of nitrogens with one attached hydrogen (secondary N) is 1. The molecule has 0 spiro atoms. The molecule has 0 radical (unpaired) electrons. The first-order valence-electron chi connectivity index (χ1n) is 6.69. The van der Waals surface area contributed by atoms with Crippen LogP contribution in [0.3, 0.4) is 0 Å². The third-order valence-corrected chi connectivity index (χ3v) is 2.94. The summed E-state index contributed by atoms with van der Waals surface area (Å²) in [6.45, 7) is 5.21. The number of hydrogen-bond acceptors (Lipinski definition) is 4. The van der Waals surface area contributed by atoms with Gasteiger partial charge in [0, 0.05) is 24.3 Å². The number of rotatable bonds is 7. The molecule has 0 aromatic carbocycles. The zero-order valence-electron chi connectivity index (χ0n) is 11.1. The van der Waals surface area contributed by atoms with Gasteiger partial charge in [0.1, 0.15) is 6.04 Å². The van der Waals surface area contributed by atoms with Crippen LogP contribution < -0.4 is 5.32 Å². The van der Waals surface area contributed by atoms with Gasteiger partial charge in [0.25, 0.3) is 0 Å². The van der Waals surface area contributed by atoms with Crippen LogP contribution in [0.25, 0.3) is 0 Å². The van der Waals surface area contributed by atoms with Crippen molar-refractivity contribution >= 4 is 5.97 Å². The molecular weight excluding hydrogens is 230 g/mol. The molecule has 1 N–H and O–H groups in total. The van der Waals surface area contributed by atoms with Crippen molar-refractivity contribution in [2.24, 2.45) is 0 Å². The van der Waals surface area contributed by atoms with E-state index in [0.29, 0.717) is 12.6 Å². The topological polar surface area (TPSA) is 56.2 Å². The Morgan fingerprint density at radius 2 is 2.39 bits per heavy atom. The first-order valence-corrected chi connectivity index (χ1v) is 6.69. The molecule has 1 unspecified atom stereocenters. The van der Waals surface area contributed by atoms with E-state index in [4.69, 9.17) is 4.74 Å². The van der Waals surface area contributed by atoms with E-state index in [1.54, 1.807) is 6.20 Å². The lowest BCUT2D eigenvalue weighted by atomic mass is 10.1. The van der Waals surface area contributed by atoms with E-state index in [1.807, 2.05) is 17.8 Å². The number of carbonyl (C=O) groups is 1. The predicted octanol–water partition coefficient (Wildman–Crippen LogP) is 1.65. The number of aryl methyl sites for hydroxylation is 1. The Bertz CT molecular complexity index is 399. The van der Waals surface area contributed by atoms with E-state index < -0.39 is 0 Å². The molecule has 0 amide bonds. The third-order valence-electron chi connectivity index (χ3n) is 2.94. The molecule has 100 valence electrons. The molecular formula is C13H21N3O2. The average Bonchev–Trinajstić information content (AvgIpc) is 3.06.